The van der Waals surface area contributed by atoms with Gasteiger partial charge < -0.3 is 10.2 Å². The zero-order chi connectivity index (χ0) is 20.2. The van der Waals surface area contributed by atoms with Crippen molar-refractivity contribution in [2.24, 2.45) is 0 Å². The first kappa shape index (κ1) is 19.1. The van der Waals surface area contributed by atoms with E-state index in [-0.39, 0.29) is 11.9 Å². The second kappa shape index (κ2) is 8.39. The van der Waals surface area contributed by atoms with Crippen molar-refractivity contribution in [3.05, 3.63) is 82.9 Å². The largest absolute Gasteiger partial charge is 0.341 e. The molecule has 0 spiro atoms. The summed E-state index contributed by atoms with van der Waals surface area (Å²) in [6, 6.07) is 11.7. The SMILES string of the molecule is Cc1ccccc1C(NC(=O)c1cnc(N2CCCC2)nc1C)c1ccncc1. The maximum absolute atomic E-state index is 13.1. The van der Waals surface area contributed by atoms with E-state index in [4.69, 9.17) is 0 Å². The lowest BCUT2D eigenvalue weighted by Gasteiger charge is -2.22. The third kappa shape index (κ3) is 4.11. The summed E-state index contributed by atoms with van der Waals surface area (Å²) >= 11 is 0. The summed E-state index contributed by atoms with van der Waals surface area (Å²) in [5.74, 6) is 0.529. The summed E-state index contributed by atoms with van der Waals surface area (Å²) < 4.78 is 0. The van der Waals surface area contributed by atoms with Crippen LogP contribution in [-0.2, 0) is 0 Å². The Hall–Kier alpha value is -3.28. The average Bonchev–Trinajstić information content (AvgIpc) is 3.28. The number of aromatic nitrogens is 3. The van der Waals surface area contributed by atoms with E-state index in [0.29, 0.717) is 17.2 Å². The van der Waals surface area contributed by atoms with Gasteiger partial charge in [0.2, 0.25) is 5.95 Å². The third-order valence-corrected chi connectivity index (χ3v) is 5.41. The van der Waals surface area contributed by atoms with Crippen molar-refractivity contribution in [1.29, 1.82) is 0 Å². The second-order valence-corrected chi connectivity index (χ2v) is 7.41. The molecule has 6 nitrogen and oxygen atoms in total. The molecule has 1 aromatic carbocycles. The normalized spacial score (nSPS) is 14.6. The molecule has 3 heterocycles. The van der Waals surface area contributed by atoms with E-state index in [1.807, 2.05) is 37.3 Å². The zero-order valence-corrected chi connectivity index (χ0v) is 16.8. The van der Waals surface area contributed by atoms with Crippen LogP contribution >= 0.6 is 0 Å². The summed E-state index contributed by atoms with van der Waals surface area (Å²) in [6.45, 7) is 5.87. The van der Waals surface area contributed by atoms with Crippen LogP contribution in [0.1, 0.15) is 51.6 Å². The number of anilines is 1. The molecule has 1 unspecified atom stereocenters. The van der Waals surface area contributed by atoms with Crippen molar-refractivity contribution in [1.82, 2.24) is 20.3 Å². The molecule has 1 atom stereocenters. The number of benzene rings is 1. The zero-order valence-electron chi connectivity index (χ0n) is 16.8. The Balaban J connectivity index is 1.62. The minimum Gasteiger partial charge on any atom is -0.341 e. The number of carbonyl (C=O) groups is 1. The van der Waals surface area contributed by atoms with Gasteiger partial charge in [-0.1, -0.05) is 24.3 Å². The van der Waals surface area contributed by atoms with E-state index in [1.165, 1.54) is 0 Å². The molecule has 2 aromatic heterocycles. The van der Waals surface area contributed by atoms with Crippen LogP contribution in [0.25, 0.3) is 0 Å². The van der Waals surface area contributed by atoms with E-state index in [2.05, 4.69) is 38.2 Å². The van der Waals surface area contributed by atoms with Gasteiger partial charge in [0, 0.05) is 31.7 Å². The van der Waals surface area contributed by atoms with Crippen molar-refractivity contribution >= 4 is 11.9 Å². The molecule has 1 fully saturated rings. The molecule has 6 heteroatoms. The summed E-state index contributed by atoms with van der Waals surface area (Å²) in [5.41, 5.74) is 4.35. The Labute approximate surface area is 171 Å². The molecule has 4 rings (SSSR count). The summed E-state index contributed by atoms with van der Waals surface area (Å²) in [6.07, 6.45) is 7.45. The maximum atomic E-state index is 13.1. The predicted octanol–water partition coefficient (Wildman–Crippen LogP) is 3.61. The summed E-state index contributed by atoms with van der Waals surface area (Å²) in [5, 5.41) is 3.18. The first-order valence-corrected chi connectivity index (χ1v) is 9.98. The smallest absolute Gasteiger partial charge is 0.255 e. The standard InChI is InChI=1S/C23H25N5O/c1-16-7-3-4-8-19(16)21(18-9-11-24-12-10-18)27-22(29)20-15-25-23(26-17(20)2)28-13-5-6-14-28/h3-4,7-12,15,21H,5-6,13-14H2,1-2H3,(H,27,29). The highest BCUT2D eigenvalue weighted by atomic mass is 16.1. The van der Waals surface area contributed by atoms with Gasteiger partial charge >= 0.3 is 0 Å². The second-order valence-electron chi connectivity index (χ2n) is 7.41. The quantitative estimate of drug-likeness (QED) is 0.724. The highest BCUT2D eigenvalue weighted by molar-refractivity contribution is 5.95. The molecule has 0 aliphatic carbocycles. The lowest BCUT2D eigenvalue weighted by molar-refractivity contribution is 0.0941. The Morgan fingerprint density at radius 3 is 2.48 bits per heavy atom. The number of nitrogens with zero attached hydrogens (tertiary/aromatic N) is 4. The van der Waals surface area contributed by atoms with E-state index in [9.17, 15) is 4.79 Å². The minimum absolute atomic E-state index is 0.180. The molecule has 1 N–H and O–H groups in total. The van der Waals surface area contributed by atoms with Gasteiger partial charge in [-0.05, 0) is 55.5 Å². The molecule has 1 amide bonds. The molecule has 0 bridgehead atoms. The molecule has 3 aromatic rings. The van der Waals surface area contributed by atoms with E-state index in [1.54, 1.807) is 18.6 Å². The summed E-state index contributed by atoms with van der Waals surface area (Å²) in [4.78, 5) is 28.5. The van der Waals surface area contributed by atoms with Crippen LogP contribution in [0.4, 0.5) is 5.95 Å². The maximum Gasteiger partial charge on any atom is 0.255 e. The molecule has 148 valence electrons. The number of nitrogens with one attached hydrogen (secondary N) is 1. The highest BCUT2D eigenvalue weighted by Gasteiger charge is 2.22. The molecule has 0 saturated carbocycles. The molecule has 29 heavy (non-hydrogen) atoms. The van der Waals surface area contributed by atoms with Gasteiger partial charge in [-0.25, -0.2) is 9.97 Å². The fraction of sp³-hybridized carbons (Fsp3) is 0.304. The number of hydrogen-bond acceptors (Lipinski definition) is 5. The number of rotatable bonds is 5. The number of amides is 1. The van der Waals surface area contributed by atoms with Crippen LogP contribution in [0.15, 0.2) is 55.0 Å². The monoisotopic (exact) mass is 387 g/mol. The molecule has 1 aliphatic heterocycles. The van der Waals surface area contributed by atoms with E-state index >= 15 is 0 Å². The molecule has 0 radical (unpaired) electrons. The van der Waals surface area contributed by atoms with Crippen LogP contribution in [0.3, 0.4) is 0 Å². The fourth-order valence-corrected chi connectivity index (χ4v) is 3.76. The lowest BCUT2D eigenvalue weighted by Crippen LogP contribution is -2.31. The minimum atomic E-state index is -0.274. The van der Waals surface area contributed by atoms with Crippen molar-refractivity contribution < 1.29 is 4.79 Å². The van der Waals surface area contributed by atoms with Gasteiger partial charge in [0.15, 0.2) is 0 Å². The van der Waals surface area contributed by atoms with E-state index in [0.717, 1.165) is 42.6 Å². The molecular weight excluding hydrogens is 362 g/mol. The molecular formula is C23H25N5O. The first-order chi connectivity index (χ1) is 14.1. The average molecular weight is 387 g/mol. The highest BCUT2D eigenvalue weighted by Crippen LogP contribution is 2.25. The van der Waals surface area contributed by atoms with Crippen molar-refractivity contribution in [3.8, 4) is 0 Å². The van der Waals surface area contributed by atoms with Crippen LogP contribution in [0, 0.1) is 13.8 Å². The third-order valence-electron chi connectivity index (χ3n) is 5.41. The van der Waals surface area contributed by atoms with Crippen LogP contribution in [0.2, 0.25) is 0 Å². The number of pyridine rings is 1. The summed E-state index contributed by atoms with van der Waals surface area (Å²) in [7, 11) is 0. The van der Waals surface area contributed by atoms with Crippen LogP contribution < -0.4 is 10.2 Å². The van der Waals surface area contributed by atoms with Gasteiger partial charge in [0.25, 0.3) is 5.91 Å². The Morgan fingerprint density at radius 2 is 1.79 bits per heavy atom. The Bertz CT molecular complexity index is 999. The van der Waals surface area contributed by atoms with Gasteiger partial charge in [0.05, 0.1) is 17.3 Å². The van der Waals surface area contributed by atoms with Crippen molar-refractivity contribution in [2.45, 2.75) is 32.7 Å². The number of hydrogen-bond donors (Lipinski definition) is 1. The van der Waals surface area contributed by atoms with Gasteiger partial charge in [-0.2, -0.15) is 0 Å². The Kier molecular flexibility index (Phi) is 5.51. The topological polar surface area (TPSA) is 71.0 Å². The first-order valence-electron chi connectivity index (χ1n) is 9.98. The van der Waals surface area contributed by atoms with E-state index < -0.39 is 0 Å². The number of aryl methyl sites for hydroxylation is 2. The Morgan fingerprint density at radius 1 is 1.07 bits per heavy atom. The van der Waals surface area contributed by atoms with Crippen LogP contribution in [0.5, 0.6) is 0 Å². The van der Waals surface area contributed by atoms with Crippen LogP contribution in [-0.4, -0.2) is 33.9 Å². The predicted molar refractivity (Wildman–Crippen MR) is 113 cm³/mol. The van der Waals surface area contributed by atoms with Crippen molar-refractivity contribution in [2.75, 3.05) is 18.0 Å². The molecule has 1 aliphatic rings. The fourth-order valence-electron chi connectivity index (χ4n) is 3.76. The van der Waals surface area contributed by atoms with Gasteiger partial charge in [0.1, 0.15) is 0 Å². The lowest BCUT2D eigenvalue weighted by atomic mass is 9.95. The van der Waals surface area contributed by atoms with Crippen molar-refractivity contribution in [3.63, 3.8) is 0 Å². The number of carbonyl (C=O) groups excluding carboxylic acids is 1. The van der Waals surface area contributed by atoms with Gasteiger partial charge in [-0.15, -0.1) is 0 Å². The van der Waals surface area contributed by atoms with Gasteiger partial charge in [-0.3, -0.25) is 9.78 Å². The molecule has 1 saturated heterocycles.